The molecule has 2 aromatic rings. The van der Waals surface area contributed by atoms with Crippen molar-refractivity contribution in [2.45, 2.75) is 33.7 Å². The summed E-state index contributed by atoms with van der Waals surface area (Å²) in [6, 6.07) is 6.34. The van der Waals surface area contributed by atoms with Crippen LogP contribution in [0.3, 0.4) is 0 Å². The van der Waals surface area contributed by atoms with E-state index in [1.165, 1.54) is 5.56 Å². The van der Waals surface area contributed by atoms with Crippen molar-refractivity contribution < 1.29 is 0 Å². The molecule has 0 aliphatic rings. The molecule has 0 amide bonds. The molecule has 0 aliphatic heterocycles. The highest BCUT2D eigenvalue weighted by atomic mass is 15.1. The first-order chi connectivity index (χ1) is 9.61. The van der Waals surface area contributed by atoms with Crippen LogP contribution >= 0.6 is 0 Å². The SMILES string of the molecule is C#CCn1c(CCNCC(C)C)nc2cc(C)ccc21. The number of aryl methyl sites for hydroxylation is 1. The molecule has 0 atom stereocenters. The Morgan fingerprint density at radius 2 is 2.20 bits per heavy atom. The lowest BCUT2D eigenvalue weighted by Crippen LogP contribution is -2.23. The second-order valence-corrected chi connectivity index (χ2v) is 5.66. The highest BCUT2D eigenvalue weighted by Crippen LogP contribution is 2.18. The van der Waals surface area contributed by atoms with Crippen molar-refractivity contribution in [2.24, 2.45) is 5.92 Å². The van der Waals surface area contributed by atoms with Crippen molar-refractivity contribution in [1.82, 2.24) is 14.9 Å². The van der Waals surface area contributed by atoms with E-state index in [4.69, 9.17) is 11.4 Å². The van der Waals surface area contributed by atoms with E-state index in [0.717, 1.165) is 36.4 Å². The molecule has 3 nitrogen and oxygen atoms in total. The first-order valence-corrected chi connectivity index (χ1v) is 7.21. The molecule has 20 heavy (non-hydrogen) atoms. The van der Waals surface area contributed by atoms with Gasteiger partial charge >= 0.3 is 0 Å². The number of rotatable bonds is 6. The van der Waals surface area contributed by atoms with Crippen LogP contribution in [0, 0.1) is 25.2 Å². The van der Waals surface area contributed by atoms with Crippen LogP contribution in [0.25, 0.3) is 11.0 Å². The average molecular weight is 269 g/mol. The summed E-state index contributed by atoms with van der Waals surface area (Å²) in [5.74, 6) is 4.47. The van der Waals surface area contributed by atoms with Gasteiger partial charge in [0.15, 0.2) is 0 Å². The van der Waals surface area contributed by atoms with Gasteiger partial charge in [0.1, 0.15) is 5.82 Å². The molecule has 0 spiro atoms. The molecular formula is C17H23N3. The first-order valence-electron chi connectivity index (χ1n) is 7.21. The van der Waals surface area contributed by atoms with Gasteiger partial charge in [-0.25, -0.2) is 4.98 Å². The van der Waals surface area contributed by atoms with Crippen LogP contribution in [0.4, 0.5) is 0 Å². The topological polar surface area (TPSA) is 29.9 Å². The fraction of sp³-hybridized carbons (Fsp3) is 0.471. The van der Waals surface area contributed by atoms with Gasteiger partial charge in [-0.05, 0) is 37.1 Å². The number of aromatic nitrogens is 2. The van der Waals surface area contributed by atoms with E-state index in [9.17, 15) is 0 Å². The second kappa shape index (κ2) is 6.58. The Balaban J connectivity index is 2.18. The molecule has 0 unspecified atom stereocenters. The van der Waals surface area contributed by atoms with Crippen LogP contribution in [0.2, 0.25) is 0 Å². The van der Waals surface area contributed by atoms with Crippen LogP contribution in [-0.2, 0) is 13.0 Å². The molecule has 1 aromatic carbocycles. The van der Waals surface area contributed by atoms with E-state index in [2.05, 4.69) is 54.8 Å². The van der Waals surface area contributed by atoms with Crippen molar-refractivity contribution in [3.05, 3.63) is 29.6 Å². The molecule has 0 saturated carbocycles. The summed E-state index contributed by atoms with van der Waals surface area (Å²) < 4.78 is 2.14. The number of hydrogen-bond acceptors (Lipinski definition) is 2. The van der Waals surface area contributed by atoms with E-state index in [0.29, 0.717) is 12.5 Å². The minimum atomic E-state index is 0.582. The molecule has 3 heteroatoms. The fourth-order valence-electron chi connectivity index (χ4n) is 2.34. The van der Waals surface area contributed by atoms with Gasteiger partial charge in [-0.1, -0.05) is 25.8 Å². The predicted molar refractivity (Wildman–Crippen MR) is 84.7 cm³/mol. The van der Waals surface area contributed by atoms with Gasteiger partial charge in [-0.15, -0.1) is 6.42 Å². The van der Waals surface area contributed by atoms with Crippen molar-refractivity contribution >= 4 is 11.0 Å². The van der Waals surface area contributed by atoms with Crippen LogP contribution in [0.1, 0.15) is 25.2 Å². The number of benzene rings is 1. The molecule has 0 aliphatic carbocycles. The van der Waals surface area contributed by atoms with E-state index in [1.54, 1.807) is 0 Å². The summed E-state index contributed by atoms with van der Waals surface area (Å²) >= 11 is 0. The molecule has 106 valence electrons. The Morgan fingerprint density at radius 1 is 1.40 bits per heavy atom. The smallest absolute Gasteiger partial charge is 0.111 e. The first kappa shape index (κ1) is 14.6. The molecule has 1 N–H and O–H groups in total. The maximum Gasteiger partial charge on any atom is 0.111 e. The van der Waals surface area contributed by atoms with E-state index < -0.39 is 0 Å². The van der Waals surface area contributed by atoms with Gasteiger partial charge in [0.05, 0.1) is 17.6 Å². The standard InChI is InChI=1S/C17H23N3/c1-5-10-20-16-7-6-14(4)11-15(16)19-17(20)8-9-18-12-13(2)3/h1,6-7,11,13,18H,8-10,12H2,2-4H3. The average Bonchev–Trinajstić information content (AvgIpc) is 2.72. The molecule has 0 saturated heterocycles. The quantitative estimate of drug-likeness (QED) is 0.645. The van der Waals surface area contributed by atoms with Crippen molar-refractivity contribution in [3.8, 4) is 12.3 Å². The monoisotopic (exact) mass is 269 g/mol. The summed E-state index contributed by atoms with van der Waals surface area (Å²) in [7, 11) is 0. The fourth-order valence-corrected chi connectivity index (χ4v) is 2.34. The lowest BCUT2D eigenvalue weighted by molar-refractivity contribution is 0.547. The zero-order chi connectivity index (χ0) is 14.5. The summed E-state index contributed by atoms with van der Waals surface area (Å²) in [5.41, 5.74) is 3.40. The molecule has 0 fully saturated rings. The predicted octanol–water partition coefficient (Wildman–Crippen LogP) is 2.77. The number of nitrogens with one attached hydrogen (secondary N) is 1. The third-order valence-corrected chi connectivity index (χ3v) is 3.31. The molecule has 0 radical (unpaired) electrons. The van der Waals surface area contributed by atoms with Gasteiger partial charge in [0.2, 0.25) is 0 Å². The van der Waals surface area contributed by atoms with E-state index in [1.807, 2.05) is 0 Å². The molecule has 2 rings (SSSR count). The molecule has 1 aromatic heterocycles. The second-order valence-electron chi connectivity index (χ2n) is 5.66. The van der Waals surface area contributed by atoms with Crippen molar-refractivity contribution in [2.75, 3.05) is 13.1 Å². The van der Waals surface area contributed by atoms with E-state index in [-0.39, 0.29) is 0 Å². The van der Waals surface area contributed by atoms with Crippen LogP contribution in [-0.4, -0.2) is 22.6 Å². The molecule has 0 bridgehead atoms. The summed E-state index contributed by atoms with van der Waals surface area (Å²) in [6.07, 6.45) is 6.39. The lowest BCUT2D eigenvalue weighted by Gasteiger charge is -2.08. The maximum atomic E-state index is 5.49. The van der Waals surface area contributed by atoms with Gasteiger partial charge in [0, 0.05) is 13.0 Å². The Morgan fingerprint density at radius 3 is 2.90 bits per heavy atom. The lowest BCUT2D eigenvalue weighted by atomic mass is 10.2. The minimum absolute atomic E-state index is 0.582. The summed E-state index contributed by atoms with van der Waals surface area (Å²) in [6.45, 7) is 9.06. The van der Waals surface area contributed by atoms with Crippen LogP contribution in [0.15, 0.2) is 18.2 Å². The van der Waals surface area contributed by atoms with Crippen molar-refractivity contribution in [1.29, 1.82) is 0 Å². The minimum Gasteiger partial charge on any atom is -0.316 e. The zero-order valence-electron chi connectivity index (χ0n) is 12.6. The van der Waals surface area contributed by atoms with Gasteiger partial charge < -0.3 is 9.88 Å². The zero-order valence-corrected chi connectivity index (χ0v) is 12.6. The number of fused-ring (bicyclic) bond motifs is 1. The van der Waals surface area contributed by atoms with Crippen molar-refractivity contribution in [3.63, 3.8) is 0 Å². The summed E-state index contributed by atoms with van der Waals surface area (Å²) in [5, 5.41) is 3.45. The Kier molecular flexibility index (Phi) is 4.81. The Labute approximate surface area is 121 Å². The normalized spacial score (nSPS) is 11.2. The third kappa shape index (κ3) is 3.40. The highest BCUT2D eigenvalue weighted by Gasteiger charge is 2.09. The Hall–Kier alpha value is -1.79. The van der Waals surface area contributed by atoms with Gasteiger partial charge in [-0.3, -0.25) is 0 Å². The van der Waals surface area contributed by atoms with Crippen LogP contribution in [0.5, 0.6) is 0 Å². The van der Waals surface area contributed by atoms with Crippen LogP contribution < -0.4 is 5.32 Å². The van der Waals surface area contributed by atoms with Gasteiger partial charge in [-0.2, -0.15) is 0 Å². The number of nitrogens with zero attached hydrogens (tertiary/aromatic N) is 2. The molecule has 1 heterocycles. The highest BCUT2D eigenvalue weighted by molar-refractivity contribution is 5.77. The number of hydrogen-bond donors (Lipinski definition) is 1. The molecular weight excluding hydrogens is 246 g/mol. The largest absolute Gasteiger partial charge is 0.316 e. The Bertz CT molecular complexity index is 617. The number of terminal acetylenes is 1. The van der Waals surface area contributed by atoms with E-state index >= 15 is 0 Å². The number of imidazole rings is 1. The summed E-state index contributed by atoms with van der Waals surface area (Å²) in [4.78, 5) is 4.74. The van der Waals surface area contributed by atoms with Gasteiger partial charge in [0.25, 0.3) is 0 Å². The maximum absolute atomic E-state index is 5.49. The third-order valence-electron chi connectivity index (χ3n) is 3.31.